The molecule has 28 heavy (non-hydrogen) atoms. The predicted octanol–water partition coefficient (Wildman–Crippen LogP) is 4.19. The van der Waals surface area contributed by atoms with E-state index < -0.39 is 10.8 Å². The molecule has 2 aromatic carbocycles. The lowest BCUT2D eigenvalue weighted by molar-refractivity contribution is -0.385. The van der Waals surface area contributed by atoms with Crippen molar-refractivity contribution in [3.8, 4) is 0 Å². The Morgan fingerprint density at radius 3 is 2.71 bits per heavy atom. The highest BCUT2D eigenvalue weighted by Crippen LogP contribution is 2.36. The Balaban J connectivity index is 1.57. The van der Waals surface area contributed by atoms with Crippen molar-refractivity contribution < 1.29 is 9.72 Å². The lowest BCUT2D eigenvalue weighted by Gasteiger charge is -2.30. The minimum atomic E-state index is -0.525. The van der Waals surface area contributed by atoms with E-state index in [4.69, 9.17) is 0 Å². The van der Waals surface area contributed by atoms with Crippen LogP contribution in [0.5, 0.6) is 0 Å². The number of amides is 1. The normalized spacial score (nSPS) is 13.8. The average molecular weight is 393 g/mol. The lowest BCUT2D eigenvalue weighted by Crippen LogP contribution is -2.37. The van der Waals surface area contributed by atoms with Crippen molar-refractivity contribution in [3.63, 3.8) is 0 Å². The number of nitrogens with one attached hydrogen (secondary N) is 1. The van der Waals surface area contributed by atoms with Crippen molar-refractivity contribution in [3.05, 3.63) is 92.2 Å². The lowest BCUT2D eigenvalue weighted by atomic mass is 10.1. The van der Waals surface area contributed by atoms with Gasteiger partial charge in [-0.2, -0.15) is 0 Å². The van der Waals surface area contributed by atoms with E-state index in [-0.39, 0.29) is 17.3 Å². The van der Waals surface area contributed by atoms with Gasteiger partial charge in [0.25, 0.3) is 11.6 Å². The molecule has 1 aromatic heterocycles. The summed E-state index contributed by atoms with van der Waals surface area (Å²) in [6.45, 7) is 1.25. The van der Waals surface area contributed by atoms with E-state index in [1.807, 2.05) is 23.6 Å². The van der Waals surface area contributed by atoms with Crippen molar-refractivity contribution >= 4 is 28.6 Å². The van der Waals surface area contributed by atoms with Crippen LogP contribution in [0.15, 0.2) is 66.0 Å². The minimum Gasteiger partial charge on any atom is -0.361 e. The summed E-state index contributed by atoms with van der Waals surface area (Å²) in [5, 5.41) is 16.2. The smallest absolute Gasteiger partial charge is 0.282 e. The van der Waals surface area contributed by atoms with Crippen molar-refractivity contribution in [1.82, 2.24) is 5.32 Å². The summed E-state index contributed by atoms with van der Waals surface area (Å²) in [4.78, 5) is 26.8. The first-order chi connectivity index (χ1) is 13.6. The van der Waals surface area contributed by atoms with Crippen molar-refractivity contribution in [2.75, 3.05) is 18.0 Å². The van der Waals surface area contributed by atoms with Gasteiger partial charge in [-0.3, -0.25) is 14.9 Å². The third kappa shape index (κ3) is 3.48. The standard InChI is InChI=1S/C21H19N3O3S/c25-21(16-7-2-4-9-18(16)24(26)27)22-14-19(20-10-5-13-28-20)23-12-11-15-6-1-3-8-17(15)23/h1-10,13,19H,11-12,14H2,(H,22,25)/t19-/m0/s1. The maximum Gasteiger partial charge on any atom is 0.282 e. The zero-order chi connectivity index (χ0) is 19.5. The van der Waals surface area contributed by atoms with E-state index in [0.29, 0.717) is 6.54 Å². The van der Waals surface area contributed by atoms with Crippen LogP contribution in [0.1, 0.15) is 26.8 Å². The number of rotatable bonds is 6. The molecule has 0 saturated carbocycles. The zero-order valence-electron chi connectivity index (χ0n) is 15.1. The molecule has 0 bridgehead atoms. The maximum absolute atomic E-state index is 12.7. The number of fused-ring (bicyclic) bond motifs is 1. The van der Waals surface area contributed by atoms with Crippen LogP contribution >= 0.6 is 11.3 Å². The summed E-state index contributed by atoms with van der Waals surface area (Å²) in [5.74, 6) is -0.429. The van der Waals surface area contributed by atoms with Crippen molar-refractivity contribution in [2.45, 2.75) is 12.5 Å². The molecule has 1 amide bonds. The Morgan fingerprint density at radius 2 is 1.93 bits per heavy atom. The largest absolute Gasteiger partial charge is 0.361 e. The fraction of sp³-hybridized carbons (Fsp3) is 0.190. The van der Waals surface area contributed by atoms with Crippen molar-refractivity contribution in [1.29, 1.82) is 0 Å². The second-order valence-electron chi connectivity index (χ2n) is 6.59. The number of hydrogen-bond acceptors (Lipinski definition) is 5. The van der Waals surface area contributed by atoms with Gasteiger partial charge in [-0.1, -0.05) is 36.4 Å². The molecule has 2 heterocycles. The summed E-state index contributed by atoms with van der Waals surface area (Å²) in [6, 6.07) is 18.4. The number of nitrogens with zero attached hydrogens (tertiary/aromatic N) is 2. The average Bonchev–Trinajstić information content (AvgIpc) is 3.39. The molecule has 0 unspecified atom stereocenters. The summed E-state index contributed by atoms with van der Waals surface area (Å²) in [7, 11) is 0. The van der Waals surface area contributed by atoms with Gasteiger partial charge in [-0.25, -0.2) is 0 Å². The molecule has 4 rings (SSSR count). The van der Waals surface area contributed by atoms with Gasteiger partial charge in [0.1, 0.15) is 5.56 Å². The third-order valence-corrected chi connectivity index (χ3v) is 5.95. The van der Waals surface area contributed by atoms with E-state index in [0.717, 1.165) is 17.8 Å². The highest BCUT2D eigenvalue weighted by atomic mass is 32.1. The molecule has 0 fully saturated rings. The van der Waals surface area contributed by atoms with E-state index in [1.54, 1.807) is 23.5 Å². The third-order valence-electron chi connectivity index (χ3n) is 4.97. The van der Waals surface area contributed by atoms with Gasteiger partial charge in [0, 0.05) is 29.7 Å². The number of nitro benzene ring substituents is 1. The molecule has 0 radical (unpaired) electrons. The number of carbonyl (C=O) groups excluding carboxylic acids is 1. The SMILES string of the molecule is O=C(NC[C@@H](c1cccs1)N1CCc2ccccc21)c1ccccc1[N+](=O)[O-]. The van der Waals surface area contributed by atoms with Gasteiger partial charge >= 0.3 is 0 Å². The van der Waals surface area contributed by atoms with Crippen LogP contribution in [0.25, 0.3) is 0 Å². The molecule has 0 spiro atoms. The molecule has 142 valence electrons. The molecule has 0 aliphatic carbocycles. The molecule has 1 atom stereocenters. The first kappa shape index (κ1) is 18.2. The Labute approximate surface area is 166 Å². The van der Waals surface area contributed by atoms with E-state index in [2.05, 4.69) is 28.4 Å². The van der Waals surface area contributed by atoms with Crippen molar-refractivity contribution in [2.24, 2.45) is 0 Å². The monoisotopic (exact) mass is 393 g/mol. The van der Waals surface area contributed by atoms with E-state index >= 15 is 0 Å². The second-order valence-corrected chi connectivity index (χ2v) is 7.57. The van der Waals surface area contributed by atoms with Crippen LogP contribution in [0.4, 0.5) is 11.4 Å². The number of benzene rings is 2. The highest BCUT2D eigenvalue weighted by molar-refractivity contribution is 7.10. The minimum absolute atomic E-state index is 0.0182. The van der Waals surface area contributed by atoms with Crippen LogP contribution in [-0.4, -0.2) is 23.9 Å². The van der Waals surface area contributed by atoms with Gasteiger partial charge in [-0.15, -0.1) is 11.3 Å². The number of hydrogen-bond donors (Lipinski definition) is 1. The molecule has 6 nitrogen and oxygen atoms in total. The van der Waals surface area contributed by atoms with Gasteiger partial charge in [0.15, 0.2) is 0 Å². The molecule has 1 N–H and O–H groups in total. The summed E-state index contributed by atoms with van der Waals surface area (Å²) >= 11 is 1.65. The number of carbonyl (C=O) groups is 1. The predicted molar refractivity (Wildman–Crippen MR) is 110 cm³/mol. The van der Waals surface area contributed by atoms with Gasteiger partial charge in [0.2, 0.25) is 0 Å². The number of thiophene rings is 1. The number of anilines is 1. The molecular formula is C21H19N3O3S. The Hall–Kier alpha value is -3.19. The maximum atomic E-state index is 12.7. The van der Waals surface area contributed by atoms with Crippen LogP contribution in [0, 0.1) is 10.1 Å². The zero-order valence-corrected chi connectivity index (χ0v) is 15.9. The second kappa shape index (κ2) is 7.82. The van der Waals surface area contributed by atoms with Crippen LogP contribution in [0.2, 0.25) is 0 Å². The molecule has 3 aromatic rings. The van der Waals surface area contributed by atoms with Gasteiger partial charge in [-0.05, 0) is 35.6 Å². The Morgan fingerprint density at radius 1 is 1.14 bits per heavy atom. The number of para-hydroxylation sites is 2. The first-order valence-electron chi connectivity index (χ1n) is 9.04. The van der Waals surface area contributed by atoms with Crippen LogP contribution in [0.3, 0.4) is 0 Å². The fourth-order valence-electron chi connectivity index (χ4n) is 3.64. The fourth-order valence-corrected chi connectivity index (χ4v) is 4.48. The number of nitro groups is 1. The first-order valence-corrected chi connectivity index (χ1v) is 9.92. The van der Waals surface area contributed by atoms with Crippen LogP contribution in [-0.2, 0) is 6.42 Å². The summed E-state index contributed by atoms with van der Waals surface area (Å²) < 4.78 is 0. The summed E-state index contributed by atoms with van der Waals surface area (Å²) in [6.07, 6.45) is 0.968. The molecule has 7 heteroatoms. The topological polar surface area (TPSA) is 75.5 Å². The van der Waals surface area contributed by atoms with Crippen LogP contribution < -0.4 is 10.2 Å². The Bertz CT molecular complexity index is 1000. The van der Waals surface area contributed by atoms with E-state index in [9.17, 15) is 14.9 Å². The highest BCUT2D eigenvalue weighted by Gasteiger charge is 2.29. The molecule has 1 aliphatic rings. The van der Waals surface area contributed by atoms with E-state index in [1.165, 1.54) is 23.4 Å². The molecule has 0 saturated heterocycles. The quantitative estimate of drug-likeness (QED) is 0.503. The molecule has 1 aliphatic heterocycles. The summed E-state index contributed by atoms with van der Waals surface area (Å²) in [5.41, 5.74) is 2.38. The van der Waals surface area contributed by atoms with Gasteiger partial charge < -0.3 is 10.2 Å². The Kier molecular flexibility index (Phi) is 5.08. The van der Waals surface area contributed by atoms with Gasteiger partial charge in [0.05, 0.1) is 11.0 Å². The molecular weight excluding hydrogens is 374 g/mol.